The van der Waals surface area contributed by atoms with Gasteiger partial charge in [0.25, 0.3) is 0 Å². The van der Waals surface area contributed by atoms with Crippen molar-refractivity contribution in [2.75, 3.05) is 5.32 Å². The van der Waals surface area contributed by atoms with E-state index in [1.54, 1.807) is 25.1 Å². The lowest BCUT2D eigenvalue weighted by atomic mass is 10.2. The standard InChI is InChI=1S/C13H9Cl2F3N2/c1-7-9(14)3-2-4-10(7)19-12-6-8(13(16,17)18)5-11(15)20-12/h2-6H,1H3,(H,19,20). The average Bonchev–Trinajstić information content (AvgIpc) is 2.33. The second-order valence-electron chi connectivity index (χ2n) is 4.10. The molecule has 0 spiro atoms. The van der Waals surface area contributed by atoms with E-state index >= 15 is 0 Å². The third-order valence-electron chi connectivity index (χ3n) is 2.65. The molecule has 2 aromatic rings. The van der Waals surface area contributed by atoms with Crippen LogP contribution in [0, 0.1) is 6.92 Å². The first-order chi connectivity index (χ1) is 9.27. The second-order valence-corrected chi connectivity index (χ2v) is 4.89. The first-order valence-corrected chi connectivity index (χ1v) is 6.30. The Hall–Kier alpha value is -1.46. The lowest BCUT2D eigenvalue weighted by Crippen LogP contribution is -2.07. The first-order valence-electron chi connectivity index (χ1n) is 5.54. The summed E-state index contributed by atoms with van der Waals surface area (Å²) in [5.41, 5.74) is 0.421. The number of halogens is 5. The third kappa shape index (κ3) is 3.35. The molecule has 0 aliphatic rings. The molecule has 20 heavy (non-hydrogen) atoms. The van der Waals surface area contributed by atoms with Crippen molar-refractivity contribution < 1.29 is 13.2 Å². The van der Waals surface area contributed by atoms with E-state index < -0.39 is 11.7 Å². The number of pyridine rings is 1. The topological polar surface area (TPSA) is 24.9 Å². The van der Waals surface area contributed by atoms with Crippen LogP contribution in [0.1, 0.15) is 11.1 Å². The van der Waals surface area contributed by atoms with E-state index in [0.717, 1.165) is 12.1 Å². The highest BCUT2D eigenvalue weighted by atomic mass is 35.5. The summed E-state index contributed by atoms with van der Waals surface area (Å²) in [6.07, 6.45) is -4.48. The largest absolute Gasteiger partial charge is 0.416 e. The third-order valence-corrected chi connectivity index (χ3v) is 3.25. The van der Waals surface area contributed by atoms with Crippen molar-refractivity contribution in [2.24, 2.45) is 0 Å². The van der Waals surface area contributed by atoms with Crippen LogP contribution in [-0.2, 0) is 6.18 Å². The van der Waals surface area contributed by atoms with E-state index in [1.807, 2.05) is 0 Å². The van der Waals surface area contributed by atoms with Crippen molar-refractivity contribution in [1.82, 2.24) is 4.98 Å². The zero-order valence-corrected chi connectivity index (χ0v) is 11.7. The summed E-state index contributed by atoms with van der Waals surface area (Å²) >= 11 is 11.6. The quantitative estimate of drug-likeness (QED) is 0.743. The monoisotopic (exact) mass is 320 g/mol. The van der Waals surface area contributed by atoms with E-state index in [0.29, 0.717) is 16.3 Å². The SMILES string of the molecule is Cc1c(Cl)cccc1Nc1cc(C(F)(F)F)cc(Cl)n1. The van der Waals surface area contributed by atoms with Crippen LogP contribution in [0.25, 0.3) is 0 Å². The first kappa shape index (κ1) is 14.9. The van der Waals surface area contributed by atoms with Crippen molar-refractivity contribution >= 4 is 34.7 Å². The van der Waals surface area contributed by atoms with Gasteiger partial charge in [0.05, 0.1) is 5.56 Å². The Kier molecular flexibility index (Phi) is 4.11. The van der Waals surface area contributed by atoms with Crippen LogP contribution in [0.2, 0.25) is 10.2 Å². The summed E-state index contributed by atoms with van der Waals surface area (Å²) in [5, 5.41) is 3.06. The molecule has 0 aliphatic carbocycles. The number of anilines is 2. The predicted octanol–water partition coefficient (Wildman–Crippen LogP) is 5.46. The van der Waals surface area contributed by atoms with Gasteiger partial charge in [0.1, 0.15) is 11.0 Å². The van der Waals surface area contributed by atoms with Crippen molar-refractivity contribution in [3.8, 4) is 0 Å². The van der Waals surface area contributed by atoms with Crippen LogP contribution >= 0.6 is 23.2 Å². The van der Waals surface area contributed by atoms with Crippen LogP contribution in [0.15, 0.2) is 30.3 Å². The fourth-order valence-electron chi connectivity index (χ4n) is 1.61. The van der Waals surface area contributed by atoms with Gasteiger partial charge in [-0.1, -0.05) is 29.3 Å². The fourth-order valence-corrected chi connectivity index (χ4v) is 1.99. The highest BCUT2D eigenvalue weighted by molar-refractivity contribution is 6.31. The van der Waals surface area contributed by atoms with Gasteiger partial charge in [0.15, 0.2) is 0 Å². The van der Waals surface area contributed by atoms with Gasteiger partial charge in [-0.05, 0) is 36.8 Å². The lowest BCUT2D eigenvalue weighted by Gasteiger charge is -2.12. The van der Waals surface area contributed by atoms with Gasteiger partial charge in [0, 0.05) is 10.7 Å². The number of nitrogens with zero attached hydrogens (tertiary/aromatic N) is 1. The molecule has 0 amide bonds. The van der Waals surface area contributed by atoms with Crippen molar-refractivity contribution in [2.45, 2.75) is 13.1 Å². The zero-order chi connectivity index (χ0) is 14.9. The van der Waals surface area contributed by atoms with Crippen molar-refractivity contribution in [3.05, 3.63) is 51.6 Å². The minimum Gasteiger partial charge on any atom is -0.340 e. The Morgan fingerprint density at radius 2 is 1.85 bits per heavy atom. The van der Waals surface area contributed by atoms with Gasteiger partial charge < -0.3 is 5.32 Å². The van der Waals surface area contributed by atoms with E-state index in [1.165, 1.54) is 0 Å². The van der Waals surface area contributed by atoms with Gasteiger partial charge in [-0.3, -0.25) is 0 Å². The summed E-state index contributed by atoms with van der Waals surface area (Å²) in [5.74, 6) is 0.00944. The number of hydrogen-bond acceptors (Lipinski definition) is 2. The summed E-state index contributed by atoms with van der Waals surface area (Å²) in [7, 11) is 0. The molecular formula is C13H9Cl2F3N2. The molecule has 106 valence electrons. The van der Waals surface area contributed by atoms with Crippen molar-refractivity contribution in [1.29, 1.82) is 0 Å². The molecule has 1 heterocycles. The van der Waals surface area contributed by atoms with Crippen LogP contribution in [0.5, 0.6) is 0 Å². The summed E-state index contributed by atoms with van der Waals surface area (Å²) in [6, 6.07) is 6.74. The van der Waals surface area contributed by atoms with Gasteiger partial charge in [0.2, 0.25) is 0 Å². The number of rotatable bonds is 2. The number of aromatic nitrogens is 1. The zero-order valence-electron chi connectivity index (χ0n) is 10.2. The molecule has 1 aromatic carbocycles. The molecule has 0 saturated carbocycles. The summed E-state index contributed by atoms with van der Waals surface area (Å²) in [4.78, 5) is 3.82. The Balaban J connectivity index is 2.39. The molecular weight excluding hydrogens is 312 g/mol. The number of hydrogen-bond donors (Lipinski definition) is 1. The molecule has 0 unspecified atom stereocenters. The molecule has 0 atom stereocenters. The van der Waals surface area contributed by atoms with E-state index in [4.69, 9.17) is 23.2 Å². The van der Waals surface area contributed by atoms with Gasteiger partial charge in [-0.25, -0.2) is 4.98 Å². The molecule has 0 bridgehead atoms. The summed E-state index contributed by atoms with van der Waals surface area (Å²) < 4.78 is 38.1. The number of nitrogens with one attached hydrogen (secondary N) is 1. The summed E-state index contributed by atoms with van der Waals surface area (Å²) in [6.45, 7) is 1.75. The average molecular weight is 321 g/mol. The lowest BCUT2D eigenvalue weighted by molar-refractivity contribution is -0.137. The molecule has 0 aliphatic heterocycles. The highest BCUT2D eigenvalue weighted by Crippen LogP contribution is 2.33. The van der Waals surface area contributed by atoms with Gasteiger partial charge >= 0.3 is 6.18 Å². The molecule has 0 radical (unpaired) electrons. The van der Waals surface area contributed by atoms with E-state index in [-0.39, 0.29) is 11.0 Å². The molecule has 1 N–H and O–H groups in total. The predicted molar refractivity (Wildman–Crippen MR) is 73.7 cm³/mol. The molecule has 0 saturated heterocycles. The number of benzene rings is 1. The molecule has 0 fully saturated rings. The molecule has 2 rings (SSSR count). The number of alkyl halides is 3. The van der Waals surface area contributed by atoms with Crippen molar-refractivity contribution in [3.63, 3.8) is 0 Å². The normalized spacial score (nSPS) is 11.5. The molecule has 7 heteroatoms. The highest BCUT2D eigenvalue weighted by Gasteiger charge is 2.31. The van der Waals surface area contributed by atoms with Crippen LogP contribution in [0.3, 0.4) is 0 Å². The maximum atomic E-state index is 12.7. The van der Waals surface area contributed by atoms with Crippen LogP contribution < -0.4 is 5.32 Å². The van der Waals surface area contributed by atoms with Gasteiger partial charge in [-0.2, -0.15) is 13.2 Å². The van der Waals surface area contributed by atoms with Crippen LogP contribution in [0.4, 0.5) is 24.7 Å². The maximum Gasteiger partial charge on any atom is 0.416 e. The second kappa shape index (κ2) is 5.50. The van der Waals surface area contributed by atoms with Gasteiger partial charge in [-0.15, -0.1) is 0 Å². The Morgan fingerprint density at radius 1 is 1.15 bits per heavy atom. The molecule has 2 nitrogen and oxygen atoms in total. The Labute approximate surface area is 123 Å². The molecule has 1 aromatic heterocycles. The van der Waals surface area contributed by atoms with Crippen LogP contribution in [-0.4, -0.2) is 4.98 Å². The Bertz CT molecular complexity index is 642. The maximum absolute atomic E-state index is 12.7. The minimum atomic E-state index is -4.48. The fraction of sp³-hybridized carbons (Fsp3) is 0.154. The van der Waals surface area contributed by atoms with E-state index in [9.17, 15) is 13.2 Å². The van der Waals surface area contributed by atoms with E-state index in [2.05, 4.69) is 10.3 Å². The Morgan fingerprint density at radius 3 is 2.50 bits per heavy atom. The minimum absolute atomic E-state index is 0.00944. The smallest absolute Gasteiger partial charge is 0.340 e.